The van der Waals surface area contributed by atoms with Gasteiger partial charge in [-0.1, -0.05) is 23.7 Å². The third-order valence-electron chi connectivity index (χ3n) is 3.06. The van der Waals surface area contributed by atoms with Crippen LogP contribution in [0, 0.1) is 0 Å². The summed E-state index contributed by atoms with van der Waals surface area (Å²) in [7, 11) is 3.01. The number of methoxy groups -OCH3 is 2. The Labute approximate surface area is 134 Å². The summed E-state index contributed by atoms with van der Waals surface area (Å²) in [6.07, 6.45) is 0.207. The summed E-state index contributed by atoms with van der Waals surface area (Å²) in [5, 5.41) is 3.20. The molecule has 2 aromatic rings. The summed E-state index contributed by atoms with van der Waals surface area (Å²) in [6.45, 7) is 0. The molecule has 0 aliphatic rings. The Morgan fingerprint density at radius 3 is 2.55 bits per heavy atom. The van der Waals surface area contributed by atoms with E-state index in [4.69, 9.17) is 26.8 Å². The third-order valence-corrected chi connectivity index (χ3v) is 3.36. The lowest BCUT2D eigenvalue weighted by Crippen LogP contribution is -2.15. The lowest BCUT2D eigenvalue weighted by Gasteiger charge is -2.13. The normalized spacial score (nSPS) is 10.1. The van der Waals surface area contributed by atoms with Crippen LogP contribution in [0.1, 0.15) is 5.56 Å². The fourth-order valence-corrected chi connectivity index (χ4v) is 2.27. The molecule has 0 aliphatic carbocycles. The minimum Gasteiger partial charge on any atom is -0.495 e. The van der Waals surface area contributed by atoms with Gasteiger partial charge in [-0.05, 0) is 17.7 Å². The summed E-state index contributed by atoms with van der Waals surface area (Å²) in [5.74, 6) is 0.738. The molecule has 116 valence electrons. The first kappa shape index (κ1) is 16.0. The molecule has 0 unspecified atom stereocenters. The van der Waals surface area contributed by atoms with E-state index >= 15 is 0 Å². The van der Waals surface area contributed by atoms with Gasteiger partial charge in [0, 0.05) is 17.8 Å². The number of nitrogen functional groups attached to an aromatic ring is 1. The number of benzene rings is 2. The molecule has 1 amide bonds. The maximum Gasteiger partial charge on any atom is 0.228 e. The molecule has 0 saturated heterocycles. The number of carbonyl (C=O) groups is 1. The van der Waals surface area contributed by atoms with Crippen molar-refractivity contribution in [2.45, 2.75) is 6.42 Å². The Morgan fingerprint density at radius 1 is 1.18 bits per heavy atom. The van der Waals surface area contributed by atoms with Crippen molar-refractivity contribution in [1.82, 2.24) is 0 Å². The number of nitrogens with two attached hydrogens (primary N) is 1. The van der Waals surface area contributed by atoms with Crippen LogP contribution in [0.4, 0.5) is 11.4 Å². The Morgan fingerprint density at radius 2 is 1.91 bits per heavy atom. The molecule has 22 heavy (non-hydrogen) atoms. The minimum atomic E-state index is -0.187. The van der Waals surface area contributed by atoms with E-state index in [0.29, 0.717) is 27.9 Å². The predicted molar refractivity (Wildman–Crippen MR) is 87.7 cm³/mol. The van der Waals surface area contributed by atoms with Gasteiger partial charge in [-0.2, -0.15) is 0 Å². The van der Waals surface area contributed by atoms with E-state index in [2.05, 4.69) is 5.32 Å². The van der Waals surface area contributed by atoms with Gasteiger partial charge in [-0.15, -0.1) is 0 Å². The molecule has 0 radical (unpaired) electrons. The van der Waals surface area contributed by atoms with Gasteiger partial charge in [0.25, 0.3) is 0 Å². The Hall–Kier alpha value is -2.40. The largest absolute Gasteiger partial charge is 0.495 e. The molecule has 0 aliphatic heterocycles. The maximum atomic E-state index is 12.2. The van der Waals surface area contributed by atoms with Crippen molar-refractivity contribution in [3.05, 3.63) is 47.0 Å². The van der Waals surface area contributed by atoms with Gasteiger partial charge in [0.1, 0.15) is 11.5 Å². The fourth-order valence-electron chi connectivity index (χ4n) is 2.04. The fraction of sp³-hybridized carbons (Fsp3) is 0.188. The molecule has 5 nitrogen and oxygen atoms in total. The van der Waals surface area contributed by atoms with Gasteiger partial charge in [0.05, 0.1) is 31.4 Å². The van der Waals surface area contributed by atoms with Crippen molar-refractivity contribution < 1.29 is 14.3 Å². The highest BCUT2D eigenvalue weighted by Crippen LogP contribution is 2.35. The second-order valence-electron chi connectivity index (χ2n) is 4.66. The Kier molecular flexibility index (Phi) is 5.12. The van der Waals surface area contributed by atoms with Gasteiger partial charge in [-0.3, -0.25) is 4.79 Å². The van der Waals surface area contributed by atoms with Gasteiger partial charge in [-0.25, -0.2) is 0 Å². The first-order valence-corrected chi connectivity index (χ1v) is 6.97. The van der Waals surface area contributed by atoms with Gasteiger partial charge < -0.3 is 20.5 Å². The Balaban J connectivity index is 2.17. The predicted octanol–water partition coefficient (Wildman–Crippen LogP) is 3.12. The maximum absolute atomic E-state index is 12.2. The van der Waals surface area contributed by atoms with Gasteiger partial charge in [0.15, 0.2) is 0 Å². The summed E-state index contributed by atoms with van der Waals surface area (Å²) in [6, 6.07) is 10.4. The Bertz CT molecular complexity index is 689. The van der Waals surface area contributed by atoms with Crippen LogP contribution >= 0.6 is 11.6 Å². The van der Waals surface area contributed by atoms with E-state index in [9.17, 15) is 4.79 Å². The van der Waals surface area contributed by atoms with Crippen molar-refractivity contribution in [2.24, 2.45) is 0 Å². The second-order valence-corrected chi connectivity index (χ2v) is 5.06. The van der Waals surface area contributed by atoms with Gasteiger partial charge in [0.2, 0.25) is 5.91 Å². The molecular formula is C16H17ClN2O3. The highest BCUT2D eigenvalue weighted by Gasteiger charge is 2.13. The number of hydrogen-bond donors (Lipinski definition) is 2. The minimum absolute atomic E-state index is 0.187. The molecule has 2 aromatic carbocycles. The first-order valence-electron chi connectivity index (χ1n) is 6.59. The molecule has 0 heterocycles. The van der Waals surface area contributed by atoms with Crippen LogP contribution in [0.3, 0.4) is 0 Å². The van der Waals surface area contributed by atoms with Crippen molar-refractivity contribution in [2.75, 3.05) is 25.3 Å². The molecule has 2 rings (SSSR count). The molecule has 3 N–H and O–H groups in total. The molecule has 0 fully saturated rings. The smallest absolute Gasteiger partial charge is 0.228 e. The highest BCUT2D eigenvalue weighted by molar-refractivity contribution is 6.32. The summed E-state index contributed by atoms with van der Waals surface area (Å²) >= 11 is 6.03. The van der Waals surface area contributed by atoms with Crippen molar-refractivity contribution in [3.63, 3.8) is 0 Å². The van der Waals surface area contributed by atoms with E-state index in [1.807, 2.05) is 12.1 Å². The van der Waals surface area contributed by atoms with E-state index in [1.165, 1.54) is 14.2 Å². The number of anilines is 2. The topological polar surface area (TPSA) is 73.6 Å². The first-order chi connectivity index (χ1) is 10.5. The summed E-state index contributed by atoms with van der Waals surface area (Å²) in [5.41, 5.74) is 7.65. The highest BCUT2D eigenvalue weighted by atomic mass is 35.5. The van der Waals surface area contributed by atoms with E-state index in [1.54, 1.807) is 24.3 Å². The molecule has 6 heteroatoms. The van der Waals surface area contributed by atoms with Crippen molar-refractivity contribution in [3.8, 4) is 11.5 Å². The average Bonchev–Trinajstić information content (AvgIpc) is 2.48. The third kappa shape index (κ3) is 3.83. The number of hydrogen-bond acceptors (Lipinski definition) is 4. The van der Waals surface area contributed by atoms with Crippen LogP contribution in [0.15, 0.2) is 36.4 Å². The zero-order valence-corrected chi connectivity index (χ0v) is 13.1. The van der Waals surface area contributed by atoms with Crippen LogP contribution in [0.25, 0.3) is 0 Å². The number of rotatable bonds is 5. The van der Waals surface area contributed by atoms with Crippen LogP contribution in [-0.4, -0.2) is 20.1 Å². The van der Waals surface area contributed by atoms with Crippen LogP contribution in [-0.2, 0) is 11.2 Å². The van der Waals surface area contributed by atoms with Gasteiger partial charge >= 0.3 is 0 Å². The molecule has 0 bridgehead atoms. The molecule has 0 saturated carbocycles. The zero-order valence-electron chi connectivity index (χ0n) is 12.4. The number of ether oxygens (including phenoxy) is 2. The quantitative estimate of drug-likeness (QED) is 0.830. The van der Waals surface area contributed by atoms with E-state index < -0.39 is 0 Å². The average molecular weight is 321 g/mol. The molecule has 0 aromatic heterocycles. The lowest BCUT2D eigenvalue weighted by atomic mass is 10.1. The standard InChI is InChI=1S/C16H17ClN2O3/c1-21-14-9-13(15(22-2)8-12(14)17)19-16(20)7-10-4-3-5-11(18)6-10/h3-6,8-9H,7,18H2,1-2H3,(H,19,20). The summed E-state index contributed by atoms with van der Waals surface area (Å²) in [4.78, 5) is 12.2. The van der Waals surface area contributed by atoms with Crippen LogP contribution in [0.5, 0.6) is 11.5 Å². The number of halogens is 1. The van der Waals surface area contributed by atoms with Crippen LogP contribution in [0.2, 0.25) is 5.02 Å². The van der Waals surface area contributed by atoms with E-state index in [-0.39, 0.29) is 12.3 Å². The molecule has 0 spiro atoms. The number of amides is 1. The SMILES string of the molecule is COc1cc(NC(=O)Cc2cccc(N)c2)c(OC)cc1Cl. The van der Waals surface area contributed by atoms with E-state index in [0.717, 1.165) is 5.56 Å². The monoisotopic (exact) mass is 320 g/mol. The number of carbonyl (C=O) groups excluding carboxylic acids is 1. The van der Waals surface area contributed by atoms with Crippen LogP contribution < -0.4 is 20.5 Å². The summed E-state index contributed by atoms with van der Waals surface area (Å²) < 4.78 is 10.4. The molecular weight excluding hydrogens is 304 g/mol. The van der Waals surface area contributed by atoms with Crippen molar-refractivity contribution in [1.29, 1.82) is 0 Å². The zero-order chi connectivity index (χ0) is 16.1. The number of nitrogens with one attached hydrogen (secondary N) is 1. The van der Waals surface area contributed by atoms with Crippen molar-refractivity contribution >= 4 is 28.9 Å². The molecule has 0 atom stereocenters. The lowest BCUT2D eigenvalue weighted by molar-refractivity contribution is -0.115. The second kappa shape index (κ2) is 7.04.